The van der Waals surface area contributed by atoms with E-state index in [-0.39, 0.29) is 0 Å². The quantitative estimate of drug-likeness (QED) is 0.187. The molecule has 0 radical (unpaired) electrons. The minimum Gasteiger partial charge on any atom is -0.454 e. The second kappa shape index (κ2) is 11.2. The fourth-order valence-corrected chi connectivity index (χ4v) is 7.72. The smallest absolute Gasteiger partial charge is 0.238 e. The van der Waals surface area contributed by atoms with Crippen molar-refractivity contribution in [3.63, 3.8) is 0 Å². The molecule has 0 saturated heterocycles. The Hall–Kier alpha value is -7.18. The molecule has 0 amide bonds. The molecular weight excluding hydrogens is 639 g/mol. The normalized spacial score (nSPS) is 11.8. The number of hydrogen-bond donors (Lipinski definition) is 0. The highest BCUT2D eigenvalue weighted by Gasteiger charge is 2.21. The summed E-state index contributed by atoms with van der Waals surface area (Å²) in [5.41, 5.74) is 7.63. The fourth-order valence-electron chi connectivity index (χ4n) is 7.72. The van der Waals surface area contributed by atoms with Crippen molar-refractivity contribution in [2.75, 3.05) is 0 Å². The molecule has 0 fully saturated rings. The molecule has 6 nitrogen and oxygen atoms in total. The third-order valence-electron chi connectivity index (χ3n) is 10.1. The molecule has 0 bridgehead atoms. The van der Waals surface area contributed by atoms with Gasteiger partial charge in [0.15, 0.2) is 17.2 Å². The lowest BCUT2D eigenvalue weighted by Crippen LogP contribution is -2.06. The van der Waals surface area contributed by atoms with Gasteiger partial charge in [-0.3, -0.25) is 9.55 Å². The van der Waals surface area contributed by atoms with Crippen LogP contribution in [0.25, 0.3) is 105 Å². The standard InChI is InChI=1S/C46H27N5O/c1-2-11-30(12-3-1)44-48-45(36-15-8-16-40-43(36)35-23-24-47-27-41(35)52-40)50-46(49-44)51-38-21-20-33(32-18-17-28-9-4-5-13-31(28)25-32)26-37(38)42-34-14-7-6-10-29(34)19-22-39(42)51/h1-27H. The third-order valence-corrected chi connectivity index (χ3v) is 10.1. The molecule has 11 aromatic rings. The highest BCUT2D eigenvalue weighted by molar-refractivity contribution is 6.22. The van der Waals surface area contributed by atoms with Gasteiger partial charge in [-0.2, -0.15) is 9.97 Å². The van der Waals surface area contributed by atoms with Gasteiger partial charge < -0.3 is 4.42 Å². The first-order valence-corrected chi connectivity index (χ1v) is 17.3. The summed E-state index contributed by atoms with van der Waals surface area (Å²) < 4.78 is 8.41. The number of rotatable bonds is 4. The molecule has 7 aromatic carbocycles. The molecule has 0 aliphatic carbocycles. The Bertz CT molecular complexity index is 3200. The molecule has 4 heterocycles. The summed E-state index contributed by atoms with van der Waals surface area (Å²) in [6, 6.07) is 53.0. The maximum atomic E-state index is 6.22. The molecule has 0 unspecified atom stereocenters. The van der Waals surface area contributed by atoms with Gasteiger partial charge in [-0.1, -0.05) is 115 Å². The fraction of sp³-hybridized carbons (Fsp3) is 0. The van der Waals surface area contributed by atoms with E-state index in [1.807, 2.05) is 48.5 Å². The minimum atomic E-state index is 0.545. The molecule has 11 rings (SSSR count). The number of aromatic nitrogens is 5. The summed E-state index contributed by atoms with van der Waals surface area (Å²) in [4.78, 5) is 19.9. The van der Waals surface area contributed by atoms with Crippen molar-refractivity contribution < 1.29 is 4.42 Å². The summed E-state index contributed by atoms with van der Waals surface area (Å²) in [7, 11) is 0. The zero-order valence-corrected chi connectivity index (χ0v) is 27.7. The van der Waals surface area contributed by atoms with E-state index in [0.717, 1.165) is 60.4 Å². The van der Waals surface area contributed by atoms with Gasteiger partial charge in [-0.25, -0.2) is 4.98 Å². The maximum Gasteiger partial charge on any atom is 0.238 e. The molecule has 0 spiro atoms. The van der Waals surface area contributed by atoms with E-state index in [1.54, 1.807) is 12.4 Å². The Morgan fingerprint density at radius 2 is 1.19 bits per heavy atom. The van der Waals surface area contributed by atoms with Crippen LogP contribution >= 0.6 is 0 Å². The molecule has 4 aromatic heterocycles. The largest absolute Gasteiger partial charge is 0.454 e. The maximum absolute atomic E-state index is 6.22. The van der Waals surface area contributed by atoms with Crippen LogP contribution in [0.15, 0.2) is 168 Å². The van der Waals surface area contributed by atoms with Crippen molar-refractivity contribution >= 4 is 65.3 Å². The molecule has 0 aliphatic rings. The first-order valence-electron chi connectivity index (χ1n) is 17.3. The van der Waals surface area contributed by atoms with Gasteiger partial charge in [0.25, 0.3) is 0 Å². The lowest BCUT2D eigenvalue weighted by atomic mass is 9.98. The van der Waals surface area contributed by atoms with Gasteiger partial charge in [-0.05, 0) is 69.1 Å². The van der Waals surface area contributed by atoms with Gasteiger partial charge in [0, 0.05) is 38.9 Å². The second-order valence-corrected chi connectivity index (χ2v) is 13.1. The Morgan fingerprint density at radius 1 is 0.442 bits per heavy atom. The first kappa shape index (κ1) is 28.6. The lowest BCUT2D eigenvalue weighted by Gasteiger charge is -2.12. The van der Waals surface area contributed by atoms with E-state index in [1.165, 1.54) is 27.1 Å². The van der Waals surface area contributed by atoms with Crippen LogP contribution in [0.2, 0.25) is 0 Å². The number of nitrogens with zero attached hydrogens (tertiary/aromatic N) is 5. The van der Waals surface area contributed by atoms with Crippen LogP contribution in [0, 0.1) is 0 Å². The number of fused-ring (bicyclic) bond motifs is 9. The van der Waals surface area contributed by atoms with Crippen molar-refractivity contribution in [1.29, 1.82) is 0 Å². The predicted octanol–water partition coefficient (Wildman–Crippen LogP) is 11.6. The van der Waals surface area contributed by atoms with Crippen molar-refractivity contribution in [2.45, 2.75) is 0 Å². The van der Waals surface area contributed by atoms with Crippen LogP contribution in [0.5, 0.6) is 0 Å². The molecular formula is C46H27N5O. The van der Waals surface area contributed by atoms with Crippen LogP contribution in [0.1, 0.15) is 0 Å². The molecule has 242 valence electrons. The first-order chi connectivity index (χ1) is 25.8. The molecule has 6 heteroatoms. The summed E-state index contributed by atoms with van der Waals surface area (Å²) in [6.07, 6.45) is 3.54. The Balaban J connectivity index is 1.22. The Kier molecular flexibility index (Phi) is 6.15. The molecule has 0 N–H and O–H groups in total. The topological polar surface area (TPSA) is 69.6 Å². The van der Waals surface area contributed by atoms with Crippen molar-refractivity contribution in [2.24, 2.45) is 0 Å². The Labute approximate surface area is 297 Å². The average molecular weight is 666 g/mol. The monoisotopic (exact) mass is 665 g/mol. The summed E-state index contributed by atoms with van der Waals surface area (Å²) in [5.74, 6) is 1.71. The van der Waals surface area contributed by atoms with E-state index < -0.39 is 0 Å². The van der Waals surface area contributed by atoms with E-state index in [0.29, 0.717) is 17.6 Å². The van der Waals surface area contributed by atoms with Crippen LogP contribution < -0.4 is 0 Å². The van der Waals surface area contributed by atoms with E-state index in [9.17, 15) is 0 Å². The van der Waals surface area contributed by atoms with Crippen LogP contribution in [0.4, 0.5) is 0 Å². The van der Waals surface area contributed by atoms with Crippen LogP contribution in [-0.2, 0) is 0 Å². The van der Waals surface area contributed by atoms with Gasteiger partial charge in [0.05, 0.1) is 17.2 Å². The molecule has 0 atom stereocenters. The predicted molar refractivity (Wildman–Crippen MR) is 211 cm³/mol. The molecule has 0 aliphatic heterocycles. The number of pyridine rings is 1. The zero-order valence-electron chi connectivity index (χ0n) is 27.7. The lowest BCUT2D eigenvalue weighted by molar-refractivity contribution is 0.667. The average Bonchev–Trinajstić information content (AvgIpc) is 3.77. The van der Waals surface area contributed by atoms with Crippen molar-refractivity contribution in [1.82, 2.24) is 24.5 Å². The molecule has 0 saturated carbocycles. The van der Waals surface area contributed by atoms with E-state index >= 15 is 0 Å². The van der Waals surface area contributed by atoms with Crippen LogP contribution in [0.3, 0.4) is 0 Å². The molecule has 52 heavy (non-hydrogen) atoms. The van der Waals surface area contributed by atoms with Crippen LogP contribution in [-0.4, -0.2) is 24.5 Å². The van der Waals surface area contributed by atoms with Gasteiger partial charge in [0.2, 0.25) is 5.95 Å². The van der Waals surface area contributed by atoms with E-state index in [2.05, 4.69) is 113 Å². The summed E-state index contributed by atoms with van der Waals surface area (Å²) >= 11 is 0. The second-order valence-electron chi connectivity index (χ2n) is 13.1. The summed E-state index contributed by atoms with van der Waals surface area (Å²) in [6.45, 7) is 0. The zero-order chi connectivity index (χ0) is 34.2. The SMILES string of the molecule is c1ccc(-c2nc(-c3cccc4oc5cnccc5c34)nc(-n3c4ccc(-c5ccc6ccccc6c5)cc4c4c5ccccc5ccc43)n2)cc1. The Morgan fingerprint density at radius 3 is 2.12 bits per heavy atom. The highest BCUT2D eigenvalue weighted by Crippen LogP contribution is 2.40. The van der Waals surface area contributed by atoms with Gasteiger partial charge in [-0.15, -0.1) is 0 Å². The number of benzene rings is 7. The minimum absolute atomic E-state index is 0.545. The van der Waals surface area contributed by atoms with Crippen molar-refractivity contribution in [3.8, 4) is 39.9 Å². The number of hydrogen-bond acceptors (Lipinski definition) is 5. The highest BCUT2D eigenvalue weighted by atomic mass is 16.3. The summed E-state index contributed by atoms with van der Waals surface area (Å²) in [5, 5.41) is 9.02. The van der Waals surface area contributed by atoms with Gasteiger partial charge >= 0.3 is 0 Å². The third kappa shape index (κ3) is 4.38. The van der Waals surface area contributed by atoms with Crippen molar-refractivity contribution in [3.05, 3.63) is 164 Å². The van der Waals surface area contributed by atoms with Gasteiger partial charge in [0.1, 0.15) is 5.58 Å². The number of furan rings is 1. The van der Waals surface area contributed by atoms with E-state index in [4.69, 9.17) is 19.4 Å².